The van der Waals surface area contributed by atoms with Gasteiger partial charge in [0.2, 0.25) is 0 Å². The summed E-state index contributed by atoms with van der Waals surface area (Å²) in [5, 5.41) is 12.4. The number of nitrogens with one attached hydrogen (secondary N) is 1. The largest absolute Gasteiger partial charge is 0.480 e. The van der Waals surface area contributed by atoms with Gasteiger partial charge in [-0.05, 0) is 84.6 Å². The zero-order valence-corrected chi connectivity index (χ0v) is 25.6. The van der Waals surface area contributed by atoms with Gasteiger partial charge in [0.05, 0.1) is 13.2 Å². The van der Waals surface area contributed by atoms with Crippen LogP contribution in [0.25, 0.3) is 11.1 Å². The molecule has 6 nitrogen and oxygen atoms in total. The summed E-state index contributed by atoms with van der Waals surface area (Å²) in [7, 11) is 0. The summed E-state index contributed by atoms with van der Waals surface area (Å²) in [6.07, 6.45) is 11.1. The van der Waals surface area contributed by atoms with E-state index in [1.165, 1.54) is 0 Å². The van der Waals surface area contributed by atoms with Crippen LogP contribution in [-0.4, -0.2) is 65.7 Å². The summed E-state index contributed by atoms with van der Waals surface area (Å²) in [5.74, 6) is -0.159. The van der Waals surface area contributed by atoms with Gasteiger partial charge in [0.1, 0.15) is 6.04 Å². The highest BCUT2D eigenvalue weighted by Gasteiger charge is 2.30. The van der Waals surface area contributed by atoms with Crippen molar-refractivity contribution in [3.63, 3.8) is 0 Å². The Morgan fingerprint density at radius 3 is 2.71 bits per heavy atom. The van der Waals surface area contributed by atoms with Crippen molar-refractivity contribution in [2.75, 3.05) is 31.8 Å². The molecule has 0 aliphatic carbocycles. The third-order valence-electron chi connectivity index (χ3n) is 7.50. The van der Waals surface area contributed by atoms with Gasteiger partial charge < -0.3 is 15.2 Å². The van der Waals surface area contributed by atoms with E-state index in [0.29, 0.717) is 42.9 Å². The second-order valence-electron chi connectivity index (χ2n) is 10.7. The fraction of sp³-hybridized carbons (Fsp3) is 0.412. The maximum atomic E-state index is 13.4. The minimum Gasteiger partial charge on any atom is -0.480 e. The highest BCUT2D eigenvalue weighted by atomic mass is 32.2. The molecule has 1 aliphatic heterocycles. The maximum Gasteiger partial charge on any atom is 0.326 e. The molecule has 1 amide bonds. The van der Waals surface area contributed by atoms with Gasteiger partial charge >= 0.3 is 5.97 Å². The van der Waals surface area contributed by atoms with E-state index >= 15 is 0 Å². The van der Waals surface area contributed by atoms with Crippen molar-refractivity contribution in [1.82, 2.24) is 10.2 Å². The molecule has 0 bridgehead atoms. The van der Waals surface area contributed by atoms with Crippen LogP contribution in [0.2, 0.25) is 0 Å². The van der Waals surface area contributed by atoms with E-state index in [0.717, 1.165) is 47.3 Å². The first kappa shape index (κ1) is 32.4. The van der Waals surface area contributed by atoms with E-state index in [-0.39, 0.29) is 5.91 Å². The van der Waals surface area contributed by atoms with Crippen LogP contribution >= 0.6 is 11.8 Å². The van der Waals surface area contributed by atoms with E-state index in [9.17, 15) is 14.7 Å². The van der Waals surface area contributed by atoms with Crippen LogP contribution in [0.5, 0.6) is 0 Å². The molecule has 1 aliphatic rings. The minimum absolute atomic E-state index is 0.309. The first-order chi connectivity index (χ1) is 19.8. The zero-order valence-electron chi connectivity index (χ0n) is 24.8. The Morgan fingerprint density at radius 2 is 2.02 bits per heavy atom. The number of amides is 1. The number of hydrogen-bond acceptors (Lipinski definition) is 5. The van der Waals surface area contributed by atoms with Crippen LogP contribution < -0.4 is 5.32 Å². The van der Waals surface area contributed by atoms with Crippen molar-refractivity contribution in [3.8, 4) is 11.1 Å². The van der Waals surface area contributed by atoms with Crippen molar-refractivity contribution >= 4 is 23.6 Å². The number of hydrogen-bond donors (Lipinski definition) is 2. The number of allylic oxidation sites excluding steroid dienone is 3. The van der Waals surface area contributed by atoms with Crippen molar-refractivity contribution in [1.29, 1.82) is 0 Å². The van der Waals surface area contributed by atoms with E-state index in [1.54, 1.807) is 17.8 Å². The molecule has 3 rings (SSSR count). The van der Waals surface area contributed by atoms with Crippen LogP contribution in [0.15, 0.2) is 78.9 Å². The molecule has 2 N–H and O–H groups in total. The van der Waals surface area contributed by atoms with Crippen LogP contribution in [0.3, 0.4) is 0 Å². The van der Waals surface area contributed by atoms with E-state index in [1.807, 2.05) is 68.7 Å². The first-order valence-corrected chi connectivity index (χ1v) is 15.6. The minimum atomic E-state index is -1.02. The molecule has 2 aromatic rings. The number of benzene rings is 2. The fourth-order valence-corrected chi connectivity index (χ4v) is 5.76. The van der Waals surface area contributed by atoms with E-state index in [4.69, 9.17) is 4.74 Å². The average molecular weight is 577 g/mol. The molecule has 3 unspecified atom stereocenters. The molecule has 1 heterocycles. The third-order valence-corrected chi connectivity index (χ3v) is 8.14. The smallest absolute Gasteiger partial charge is 0.326 e. The molecule has 0 saturated carbocycles. The lowest BCUT2D eigenvalue weighted by Crippen LogP contribution is -2.41. The number of carboxylic acid groups (broad SMARTS) is 1. The lowest BCUT2D eigenvalue weighted by molar-refractivity contribution is -0.139. The van der Waals surface area contributed by atoms with Gasteiger partial charge in [-0.1, -0.05) is 68.1 Å². The van der Waals surface area contributed by atoms with Crippen molar-refractivity contribution in [3.05, 3.63) is 95.6 Å². The highest BCUT2D eigenvalue weighted by Crippen LogP contribution is 2.31. The fourth-order valence-electron chi connectivity index (χ4n) is 5.29. The van der Waals surface area contributed by atoms with Crippen molar-refractivity contribution in [2.24, 2.45) is 5.92 Å². The zero-order chi connectivity index (χ0) is 29.8. The summed E-state index contributed by atoms with van der Waals surface area (Å²) in [6.45, 7) is 13.0. The Kier molecular flexibility index (Phi) is 12.9. The number of carbonyl (C=O) groups is 2. The van der Waals surface area contributed by atoms with Crippen LogP contribution in [0.1, 0.15) is 48.2 Å². The Balaban J connectivity index is 1.83. The SMILES string of the molecule is C=C/C=C\C(=C/C)COCC1CC(C)CN1Cc1ccc(C(=O)NC(CCSC)C(=O)O)c(-c2ccccc2C)c1. The topological polar surface area (TPSA) is 78.9 Å². The van der Waals surface area contributed by atoms with E-state index < -0.39 is 12.0 Å². The number of ether oxygens (including phenoxy) is 1. The normalized spacial score (nSPS) is 18.5. The molecular formula is C34H44N2O4S. The van der Waals surface area contributed by atoms with Gasteiger partial charge in [-0.25, -0.2) is 4.79 Å². The van der Waals surface area contributed by atoms with Crippen LogP contribution in [0, 0.1) is 12.8 Å². The Labute approximate surface area is 249 Å². The van der Waals surface area contributed by atoms with E-state index in [2.05, 4.69) is 35.9 Å². The van der Waals surface area contributed by atoms with Gasteiger partial charge in [-0.3, -0.25) is 9.69 Å². The summed E-state index contributed by atoms with van der Waals surface area (Å²) in [5.41, 5.74) is 5.56. The molecule has 0 spiro atoms. The van der Waals surface area contributed by atoms with Crippen molar-refractivity contribution in [2.45, 2.75) is 52.2 Å². The Hall–Kier alpha value is -3.13. The van der Waals surface area contributed by atoms with Gasteiger partial charge in [0, 0.05) is 24.7 Å². The van der Waals surface area contributed by atoms with Gasteiger partial charge in [-0.2, -0.15) is 11.8 Å². The summed E-state index contributed by atoms with van der Waals surface area (Å²) < 4.78 is 6.13. The monoisotopic (exact) mass is 576 g/mol. The summed E-state index contributed by atoms with van der Waals surface area (Å²) in [6, 6.07) is 13.3. The number of thioether (sulfide) groups is 1. The second-order valence-corrected chi connectivity index (χ2v) is 11.7. The molecule has 2 aromatic carbocycles. The van der Waals surface area contributed by atoms with Gasteiger partial charge in [-0.15, -0.1) is 0 Å². The summed E-state index contributed by atoms with van der Waals surface area (Å²) in [4.78, 5) is 27.7. The number of aliphatic carboxylic acids is 1. The quantitative estimate of drug-likeness (QED) is 0.235. The molecule has 7 heteroatoms. The second kappa shape index (κ2) is 16.3. The lowest BCUT2D eigenvalue weighted by atomic mass is 9.93. The predicted octanol–water partition coefficient (Wildman–Crippen LogP) is 6.51. The van der Waals surface area contributed by atoms with Crippen LogP contribution in [-0.2, 0) is 16.1 Å². The lowest BCUT2D eigenvalue weighted by Gasteiger charge is -2.25. The molecule has 41 heavy (non-hydrogen) atoms. The third kappa shape index (κ3) is 9.45. The number of carbonyl (C=O) groups excluding carboxylic acids is 1. The Bertz CT molecular complexity index is 1260. The molecule has 3 atom stereocenters. The van der Waals surface area contributed by atoms with Crippen molar-refractivity contribution < 1.29 is 19.4 Å². The van der Waals surface area contributed by atoms with Crippen LogP contribution in [0.4, 0.5) is 0 Å². The predicted molar refractivity (Wildman–Crippen MR) is 170 cm³/mol. The standard InChI is InChI=1S/C34H44N2O4S/c1-6-8-12-26(7-2)22-40-23-28-18-24(3)20-36(28)21-27-14-15-30(31(19-27)29-13-10-9-11-25(29)4)33(37)35-32(34(38)39)16-17-41-5/h6-15,19,24,28,32H,1,16-18,20-23H2,2-5H3,(H,35,37)(H,38,39)/b12-8-,26-7+. The number of nitrogens with zero attached hydrogens (tertiary/aromatic N) is 1. The number of likely N-dealkylation sites (tertiary alicyclic amines) is 1. The molecule has 0 aromatic heterocycles. The van der Waals surface area contributed by atoms with Gasteiger partial charge in [0.15, 0.2) is 0 Å². The molecule has 1 saturated heterocycles. The molecule has 1 fully saturated rings. The highest BCUT2D eigenvalue weighted by molar-refractivity contribution is 7.98. The number of rotatable bonds is 15. The molecule has 0 radical (unpaired) electrons. The first-order valence-electron chi connectivity index (χ1n) is 14.2. The van der Waals surface area contributed by atoms with Gasteiger partial charge in [0.25, 0.3) is 5.91 Å². The summed E-state index contributed by atoms with van der Waals surface area (Å²) >= 11 is 1.56. The molecular weight excluding hydrogens is 532 g/mol. The molecule has 220 valence electrons. The number of carboxylic acids is 1. The average Bonchev–Trinajstić information content (AvgIpc) is 3.30. The number of aryl methyl sites for hydroxylation is 1. The maximum absolute atomic E-state index is 13.4. The Morgan fingerprint density at radius 1 is 1.24 bits per heavy atom.